The first kappa shape index (κ1) is 83.5. The van der Waals surface area contributed by atoms with Gasteiger partial charge in [-0.25, -0.2) is 0 Å². The Morgan fingerprint density at radius 1 is 0.347 bits per heavy atom. The van der Waals surface area contributed by atoms with Crippen molar-refractivity contribution in [2.45, 2.75) is 272 Å². The quantitative estimate of drug-likeness (QED) is 0.0309. The lowest BCUT2D eigenvalue weighted by atomic mass is 9.94. The van der Waals surface area contributed by atoms with Crippen LogP contribution in [0.15, 0.2) is 0 Å². The van der Waals surface area contributed by atoms with Crippen LogP contribution in [0.5, 0.6) is 0 Å². The van der Waals surface area contributed by atoms with E-state index in [9.17, 15) is 132 Å². The monoisotopic (exact) mass is 1480 g/mol. The van der Waals surface area contributed by atoms with E-state index in [1.54, 1.807) is 0 Å². The fraction of sp³-hybridized carbons (Fsp3) is 0.946. The van der Waals surface area contributed by atoms with E-state index in [4.69, 9.17) is 75.8 Å². The van der Waals surface area contributed by atoms with Gasteiger partial charge in [-0.15, -0.1) is 0 Å². The number of carbonyl (C=O) groups is 3. The highest BCUT2D eigenvalue weighted by Crippen LogP contribution is 2.39. The van der Waals surface area contributed by atoms with E-state index >= 15 is 0 Å². The second-order valence-electron chi connectivity index (χ2n) is 25.3. The third kappa shape index (κ3) is 18.7. The summed E-state index contributed by atoms with van der Waals surface area (Å²) >= 11 is 0. The molecule has 0 saturated carbocycles. The molecule has 0 aliphatic carbocycles. The molecule has 8 heterocycles. The van der Waals surface area contributed by atoms with Crippen molar-refractivity contribution < 1.29 is 208 Å². The summed E-state index contributed by atoms with van der Waals surface area (Å²) in [6.07, 6.45) is -74.4. The molecule has 8 aliphatic rings. The lowest BCUT2D eigenvalue weighted by Gasteiger charge is -2.51. The Kier molecular flexibility index (Phi) is 30.7. The van der Waals surface area contributed by atoms with Crippen molar-refractivity contribution in [2.24, 2.45) is 0 Å². The average molecular weight is 1480 g/mol. The maximum absolute atomic E-state index is 12.9. The summed E-state index contributed by atoms with van der Waals surface area (Å²) in [5.74, 6) is -1.80. The molecule has 26 N–H and O–H groups in total. The molecule has 0 unspecified atom stereocenters. The predicted molar refractivity (Wildman–Crippen MR) is 310 cm³/mol. The molecular formula is C56H95N3O42. The van der Waals surface area contributed by atoms with Gasteiger partial charge in [0.25, 0.3) is 0 Å². The highest BCUT2D eigenvalue weighted by atomic mass is 16.8. The Bertz CT molecular complexity index is 2550. The highest BCUT2D eigenvalue weighted by Gasteiger charge is 2.60. The second kappa shape index (κ2) is 37.1. The van der Waals surface area contributed by atoms with Crippen molar-refractivity contribution >= 4 is 18.2 Å². The van der Waals surface area contributed by atoms with Crippen LogP contribution >= 0.6 is 0 Å². The van der Waals surface area contributed by atoms with Gasteiger partial charge in [0.1, 0.15) is 189 Å². The molecule has 45 nitrogen and oxygen atoms in total. The molecule has 0 aromatic heterocycles. The van der Waals surface area contributed by atoms with Crippen molar-refractivity contribution in [3.05, 3.63) is 0 Å². The summed E-state index contributed by atoms with van der Waals surface area (Å²) < 4.78 is 93.2. The van der Waals surface area contributed by atoms with Gasteiger partial charge in [0.2, 0.25) is 18.2 Å². The van der Waals surface area contributed by atoms with Crippen LogP contribution in [0.1, 0.15) is 20.8 Å². The minimum absolute atomic E-state index is 0.264. The van der Waals surface area contributed by atoms with Crippen molar-refractivity contribution in [3.63, 3.8) is 0 Å². The van der Waals surface area contributed by atoms with Gasteiger partial charge < -0.3 is 209 Å². The largest absolute Gasteiger partial charge is 0.394 e. The van der Waals surface area contributed by atoms with Crippen LogP contribution < -0.4 is 16.0 Å². The van der Waals surface area contributed by atoms with Crippen LogP contribution in [0.3, 0.4) is 0 Å². The first-order valence-electron chi connectivity index (χ1n) is 32.2. The number of nitrogens with one attached hydrogen (secondary N) is 3. The Balaban J connectivity index is 0.974. The maximum atomic E-state index is 12.9. The fourth-order valence-electron chi connectivity index (χ4n) is 12.7. The first-order valence-corrected chi connectivity index (χ1v) is 32.2. The summed E-state index contributed by atoms with van der Waals surface area (Å²) in [7, 11) is 0. The lowest BCUT2D eigenvalue weighted by molar-refractivity contribution is -0.403. The molecular weight excluding hydrogens is 1390 g/mol. The summed E-state index contributed by atoms with van der Waals surface area (Å²) in [4.78, 5) is 36.6. The van der Waals surface area contributed by atoms with Gasteiger partial charge in [0.05, 0.1) is 71.6 Å². The summed E-state index contributed by atoms with van der Waals surface area (Å²) in [6, 6.07) is -4.68. The normalized spacial score (nSPS) is 48.7. The number of ether oxygens (including phenoxy) is 16. The number of carbonyl (C=O) groups excluding carboxylic acids is 3. The van der Waals surface area contributed by atoms with Crippen molar-refractivity contribution in [2.75, 3.05) is 59.5 Å². The van der Waals surface area contributed by atoms with Gasteiger partial charge in [0.15, 0.2) is 50.3 Å². The SMILES string of the molecule is CC(=O)N[C@H]1[C@H](O[C@H]2[C@@H](O)[C@@H](CO)O[C@@H](O[C@H]3[C@H](O)[C@@H](O)[C@H](OC[C@@H](CO)NC=O)O[C@@H]3CO)[C@@H]2O)O[C@H](CO)[C@@H](O[C@@H]2O[C@H](CO[C@@H]3O[C@H](CO)[C@@H](O[C@@H]4O[C@H](CO)[C@H](O)[C@H](O[C@H]5O[C@H](CO)[C@H](O)[C@H](O)[C@H]5O)[C@H]4O[C@@H]4O[C@@H](C)[C@@H](O)[C@@H](O)[C@@H]4O)[C@H](O)[C@H]3NC(C)=O)[C@H](O)[C@H](O)[C@H]2O)[C@@H]1O. The molecule has 0 radical (unpaired) electrons. The minimum Gasteiger partial charge on any atom is -0.394 e. The highest BCUT2D eigenvalue weighted by molar-refractivity contribution is 5.73. The summed E-state index contributed by atoms with van der Waals surface area (Å²) in [5, 5.41) is 258. The molecule has 101 heavy (non-hydrogen) atoms. The molecule has 0 aromatic carbocycles. The second-order valence-corrected chi connectivity index (χ2v) is 25.3. The Hall–Kier alpha value is -3.15. The smallest absolute Gasteiger partial charge is 0.217 e. The van der Waals surface area contributed by atoms with Crippen LogP contribution in [0.25, 0.3) is 0 Å². The number of rotatable bonds is 29. The van der Waals surface area contributed by atoms with Crippen LogP contribution in [-0.4, -0.2) is 447 Å². The molecule has 0 spiro atoms. The van der Waals surface area contributed by atoms with E-state index in [1.807, 2.05) is 0 Å². The first-order chi connectivity index (χ1) is 47.9. The zero-order chi connectivity index (χ0) is 74.3. The molecule has 0 bridgehead atoms. The third-order valence-corrected chi connectivity index (χ3v) is 18.4. The Labute approximate surface area is 572 Å². The van der Waals surface area contributed by atoms with E-state index in [0.717, 1.165) is 13.8 Å². The number of hydrogen-bond donors (Lipinski definition) is 26. The van der Waals surface area contributed by atoms with Gasteiger partial charge in [-0.2, -0.15) is 0 Å². The van der Waals surface area contributed by atoms with E-state index in [0.29, 0.717) is 0 Å². The fourth-order valence-corrected chi connectivity index (χ4v) is 12.7. The standard InChI is InChI=1S/C56H95N3O42/c1-14-27(70)34(77)38(81)52(88-14)101-48-47(100-53-39(82)35(78)28(71)18(5-61)89-53)31(74)20(7-63)91-56(48)98-44-21(8-64)92-49(25(32(44)75)58-15(2)68)87-12-24-29(72)36(79)40(83)54(95-24)96-43-22(9-65)93-50(26(33(43)76)59-16(3)69)99-46-30(73)19(6-62)90-55(42(46)85)97-45-23(10-66)94-51(41(84)37(45)80)86-11-17(4-60)57-13-67/h13-14,17-56,60-66,70-85H,4-12H2,1-3H3,(H,57,67)(H,58,68)(H,59,69)/t14-,17+,18+,19+,20+,21+,22+,23+,24+,25+,26+,27+,28-,29-,30-,31-,32+,33+,34+,35-,36-,37+,38-,39+,40+,41+,42+,43+,44+,45+,46-,47-,48+,49+,50-,51+,52-,53+,54-,55-,56-/m0/s1. The average Bonchev–Trinajstić information content (AvgIpc) is 0.773. The van der Waals surface area contributed by atoms with Gasteiger partial charge in [-0.3, -0.25) is 14.4 Å². The molecule has 8 rings (SSSR count). The third-order valence-electron chi connectivity index (χ3n) is 18.4. The zero-order valence-electron chi connectivity index (χ0n) is 54.2. The van der Waals surface area contributed by atoms with Gasteiger partial charge in [0, 0.05) is 13.8 Å². The molecule has 0 aromatic rings. The van der Waals surface area contributed by atoms with Crippen molar-refractivity contribution in [1.29, 1.82) is 0 Å². The number of aliphatic hydroxyl groups excluding tert-OH is 23. The van der Waals surface area contributed by atoms with E-state index in [1.165, 1.54) is 6.92 Å². The zero-order valence-corrected chi connectivity index (χ0v) is 54.2. The number of hydrogen-bond acceptors (Lipinski definition) is 42. The van der Waals surface area contributed by atoms with Gasteiger partial charge in [-0.1, -0.05) is 0 Å². The van der Waals surface area contributed by atoms with Gasteiger partial charge in [-0.05, 0) is 6.92 Å². The Morgan fingerprint density at radius 2 is 0.703 bits per heavy atom. The molecule has 41 atom stereocenters. The van der Waals surface area contributed by atoms with Crippen LogP contribution in [0.4, 0.5) is 0 Å². The van der Waals surface area contributed by atoms with Gasteiger partial charge >= 0.3 is 0 Å². The maximum Gasteiger partial charge on any atom is 0.217 e. The van der Waals surface area contributed by atoms with Crippen molar-refractivity contribution in [3.8, 4) is 0 Å². The topological polar surface area (TPSA) is 700 Å². The van der Waals surface area contributed by atoms with Crippen LogP contribution in [-0.2, 0) is 90.2 Å². The number of aliphatic hydroxyl groups is 23. The van der Waals surface area contributed by atoms with E-state index < -0.39 is 323 Å². The lowest BCUT2D eigenvalue weighted by Crippen LogP contribution is -2.70. The van der Waals surface area contributed by atoms with Crippen molar-refractivity contribution in [1.82, 2.24) is 16.0 Å². The molecule has 8 saturated heterocycles. The molecule has 3 amide bonds. The molecule has 8 aliphatic heterocycles. The molecule has 45 heteroatoms. The van der Waals surface area contributed by atoms with E-state index in [-0.39, 0.29) is 6.41 Å². The Morgan fingerprint density at radius 3 is 1.20 bits per heavy atom. The summed E-state index contributed by atoms with van der Waals surface area (Å²) in [6.45, 7) is -5.08. The minimum atomic E-state index is -2.25. The van der Waals surface area contributed by atoms with Crippen LogP contribution in [0.2, 0.25) is 0 Å². The predicted octanol–water partition coefficient (Wildman–Crippen LogP) is -18.0. The molecule has 8 fully saturated rings. The number of amides is 3. The summed E-state index contributed by atoms with van der Waals surface area (Å²) in [5.41, 5.74) is 0. The van der Waals surface area contributed by atoms with Crippen LogP contribution in [0, 0.1) is 0 Å². The van der Waals surface area contributed by atoms with E-state index in [2.05, 4.69) is 16.0 Å². The molecule has 586 valence electrons.